The predicted molar refractivity (Wildman–Crippen MR) is 99.0 cm³/mol. The fourth-order valence-electron chi connectivity index (χ4n) is 3.95. The topological polar surface area (TPSA) is 37.3 Å². The van der Waals surface area contributed by atoms with Crippen molar-refractivity contribution in [3.63, 3.8) is 0 Å². The molecule has 2 aliphatic heterocycles. The predicted octanol–water partition coefficient (Wildman–Crippen LogP) is 2.34. The van der Waals surface area contributed by atoms with Crippen LogP contribution in [0.4, 0.5) is 0 Å². The molecule has 0 radical (unpaired) electrons. The van der Waals surface area contributed by atoms with E-state index in [4.69, 9.17) is 12.2 Å². The Morgan fingerprint density at radius 2 is 1.92 bits per heavy atom. The smallest absolute Gasteiger partial charge is 0.250 e. The van der Waals surface area contributed by atoms with Crippen molar-refractivity contribution in [2.75, 3.05) is 13.1 Å². The Morgan fingerprint density at radius 1 is 1.08 bits per heavy atom. The third-order valence-electron chi connectivity index (χ3n) is 5.05. The second-order valence-electron chi connectivity index (χ2n) is 6.75. The van der Waals surface area contributed by atoms with Crippen molar-refractivity contribution in [3.8, 4) is 0 Å². The summed E-state index contributed by atoms with van der Waals surface area (Å²) in [5, 5.41) is 4.20. The molecule has 2 aromatic rings. The molecule has 2 bridgehead atoms. The molecular formula is C19H21N3OS. The summed E-state index contributed by atoms with van der Waals surface area (Å²) in [5.41, 5.74) is 2.52. The van der Waals surface area contributed by atoms with Crippen LogP contribution in [-0.2, 0) is 13.1 Å². The van der Waals surface area contributed by atoms with Gasteiger partial charge in [-0.05, 0) is 36.2 Å². The third-order valence-corrected chi connectivity index (χ3v) is 5.46. The van der Waals surface area contributed by atoms with Gasteiger partial charge in [0.2, 0.25) is 0 Å². The average Bonchev–Trinajstić information content (AvgIpc) is 2.61. The fraction of sp³-hybridized carbons (Fsp3) is 0.368. The fourth-order valence-corrected chi connectivity index (χ4v) is 4.17. The summed E-state index contributed by atoms with van der Waals surface area (Å²) >= 11 is 5.62. The Kier molecular flexibility index (Phi) is 4.10. The molecule has 4 rings (SSSR count). The van der Waals surface area contributed by atoms with Crippen LogP contribution in [0, 0.1) is 5.92 Å². The van der Waals surface area contributed by atoms with E-state index in [9.17, 15) is 4.79 Å². The van der Waals surface area contributed by atoms with Gasteiger partial charge in [0.25, 0.3) is 5.56 Å². The van der Waals surface area contributed by atoms with Gasteiger partial charge in [-0.1, -0.05) is 36.4 Å². The Bertz CT molecular complexity index is 802. The summed E-state index contributed by atoms with van der Waals surface area (Å²) < 4.78 is 1.95. The first-order chi connectivity index (χ1) is 11.7. The minimum absolute atomic E-state index is 0.125. The molecule has 0 unspecified atom stereocenters. The molecule has 1 N–H and O–H groups in total. The monoisotopic (exact) mass is 339 g/mol. The van der Waals surface area contributed by atoms with E-state index in [0.29, 0.717) is 11.8 Å². The lowest BCUT2D eigenvalue weighted by Crippen LogP contribution is -2.51. The highest BCUT2D eigenvalue weighted by Gasteiger charge is 2.35. The van der Waals surface area contributed by atoms with Gasteiger partial charge in [0.1, 0.15) is 0 Å². The van der Waals surface area contributed by atoms with Crippen LogP contribution >= 0.6 is 12.2 Å². The molecule has 2 aliphatic rings. The first kappa shape index (κ1) is 15.4. The zero-order chi connectivity index (χ0) is 16.5. The molecule has 0 spiro atoms. The zero-order valence-corrected chi connectivity index (χ0v) is 14.3. The third kappa shape index (κ3) is 2.96. The van der Waals surface area contributed by atoms with Gasteiger partial charge in [-0.15, -0.1) is 0 Å². The summed E-state index contributed by atoms with van der Waals surface area (Å²) in [6.07, 6.45) is 1.15. The number of nitrogens with one attached hydrogen (secondary N) is 1. The van der Waals surface area contributed by atoms with Crippen molar-refractivity contribution in [2.24, 2.45) is 5.92 Å². The number of likely N-dealkylation sites (tertiary alicyclic amines) is 1. The van der Waals surface area contributed by atoms with Gasteiger partial charge in [0.15, 0.2) is 5.11 Å². The highest BCUT2D eigenvalue weighted by Crippen LogP contribution is 2.34. The lowest BCUT2D eigenvalue weighted by atomic mass is 9.83. The Balaban J connectivity index is 1.46. The number of nitrogens with zero attached hydrogens (tertiary/aromatic N) is 2. The Morgan fingerprint density at radius 3 is 2.75 bits per heavy atom. The van der Waals surface area contributed by atoms with Crippen LogP contribution in [0.2, 0.25) is 0 Å². The Hall–Kier alpha value is -2.14. The van der Waals surface area contributed by atoms with Crippen LogP contribution in [0.3, 0.4) is 0 Å². The molecule has 124 valence electrons. The van der Waals surface area contributed by atoms with Crippen LogP contribution in [0.25, 0.3) is 0 Å². The number of hydrogen-bond acceptors (Lipinski definition) is 2. The van der Waals surface area contributed by atoms with E-state index in [-0.39, 0.29) is 5.56 Å². The summed E-state index contributed by atoms with van der Waals surface area (Å²) in [4.78, 5) is 14.4. The zero-order valence-electron chi connectivity index (χ0n) is 13.5. The number of hydrogen-bond donors (Lipinski definition) is 1. The summed E-state index contributed by atoms with van der Waals surface area (Å²) in [5.74, 6) is 0.885. The second kappa shape index (κ2) is 6.40. The molecule has 4 nitrogen and oxygen atoms in total. The highest BCUT2D eigenvalue weighted by atomic mass is 32.1. The number of piperidine rings is 1. The molecule has 1 saturated heterocycles. The largest absolute Gasteiger partial charge is 0.358 e. The molecule has 2 atom stereocenters. The van der Waals surface area contributed by atoms with E-state index >= 15 is 0 Å². The van der Waals surface area contributed by atoms with E-state index in [1.54, 1.807) is 6.07 Å². The second-order valence-corrected chi connectivity index (χ2v) is 7.13. The molecule has 3 heterocycles. The van der Waals surface area contributed by atoms with Gasteiger partial charge in [0.05, 0.1) is 0 Å². The highest BCUT2D eigenvalue weighted by molar-refractivity contribution is 7.80. The van der Waals surface area contributed by atoms with Gasteiger partial charge in [-0.3, -0.25) is 4.79 Å². The molecule has 1 fully saturated rings. The summed E-state index contributed by atoms with van der Waals surface area (Å²) in [6, 6.07) is 15.9. The molecule has 24 heavy (non-hydrogen) atoms. The number of pyridine rings is 1. The standard InChI is InChI=1S/C19H21N3OS/c23-18-8-4-7-17-16-9-15(12-22(17)18)11-21(13-16)19(24)20-10-14-5-2-1-3-6-14/h1-8,15-16H,9-13H2,(H,20,24)/t15-,16+/m0/s1. The quantitative estimate of drug-likeness (QED) is 0.852. The van der Waals surface area contributed by atoms with E-state index in [1.165, 1.54) is 5.56 Å². The lowest BCUT2D eigenvalue weighted by molar-refractivity contribution is 0.177. The number of fused-ring (bicyclic) bond motifs is 4. The maximum atomic E-state index is 12.1. The normalized spacial score (nSPS) is 21.9. The van der Waals surface area contributed by atoms with Crippen LogP contribution < -0.4 is 10.9 Å². The molecule has 0 aliphatic carbocycles. The number of aromatic nitrogens is 1. The molecule has 1 aromatic carbocycles. The average molecular weight is 339 g/mol. The SMILES string of the molecule is O=c1cccc2n1C[C@H]1C[C@@H]2CN(C(=S)NCc2ccccc2)C1. The van der Waals surface area contributed by atoms with Crippen LogP contribution in [-0.4, -0.2) is 27.7 Å². The van der Waals surface area contributed by atoms with Crippen LogP contribution in [0.1, 0.15) is 23.6 Å². The number of benzene rings is 1. The lowest BCUT2D eigenvalue weighted by Gasteiger charge is -2.43. The van der Waals surface area contributed by atoms with Gasteiger partial charge >= 0.3 is 0 Å². The minimum atomic E-state index is 0.125. The van der Waals surface area contributed by atoms with Crippen molar-refractivity contribution >= 4 is 17.3 Å². The van der Waals surface area contributed by atoms with Crippen molar-refractivity contribution in [2.45, 2.75) is 25.4 Å². The molecule has 0 saturated carbocycles. The van der Waals surface area contributed by atoms with E-state index in [1.807, 2.05) is 28.8 Å². The number of thiocarbonyl (C=S) groups is 1. The van der Waals surface area contributed by atoms with Gasteiger partial charge in [0, 0.05) is 43.9 Å². The van der Waals surface area contributed by atoms with E-state index < -0.39 is 0 Å². The van der Waals surface area contributed by atoms with Gasteiger partial charge in [-0.25, -0.2) is 0 Å². The first-order valence-corrected chi connectivity index (χ1v) is 8.88. The van der Waals surface area contributed by atoms with Crippen molar-refractivity contribution < 1.29 is 0 Å². The summed E-state index contributed by atoms with van der Waals surface area (Å²) in [7, 11) is 0. The van der Waals surface area contributed by atoms with E-state index in [0.717, 1.165) is 43.4 Å². The first-order valence-electron chi connectivity index (χ1n) is 8.47. The van der Waals surface area contributed by atoms with Gasteiger partial charge in [-0.2, -0.15) is 0 Å². The molecular weight excluding hydrogens is 318 g/mol. The maximum absolute atomic E-state index is 12.1. The van der Waals surface area contributed by atoms with Crippen LogP contribution in [0.5, 0.6) is 0 Å². The molecule has 1 aromatic heterocycles. The summed E-state index contributed by atoms with van der Waals surface area (Å²) in [6.45, 7) is 3.38. The Labute approximate surface area is 147 Å². The van der Waals surface area contributed by atoms with Crippen molar-refractivity contribution in [1.82, 2.24) is 14.8 Å². The van der Waals surface area contributed by atoms with Gasteiger partial charge < -0.3 is 14.8 Å². The molecule has 0 amide bonds. The van der Waals surface area contributed by atoms with E-state index in [2.05, 4.69) is 28.4 Å². The minimum Gasteiger partial charge on any atom is -0.358 e. The maximum Gasteiger partial charge on any atom is 0.250 e. The molecule has 5 heteroatoms. The van der Waals surface area contributed by atoms with Crippen molar-refractivity contribution in [1.29, 1.82) is 0 Å². The van der Waals surface area contributed by atoms with Crippen molar-refractivity contribution in [3.05, 3.63) is 70.1 Å². The van der Waals surface area contributed by atoms with Crippen LogP contribution in [0.15, 0.2) is 53.3 Å². The number of rotatable bonds is 2.